The number of para-hydroxylation sites is 1. The van der Waals surface area contributed by atoms with Crippen molar-refractivity contribution in [2.75, 3.05) is 11.4 Å². The lowest BCUT2D eigenvalue weighted by Gasteiger charge is -2.22. The van der Waals surface area contributed by atoms with Crippen LogP contribution in [0.2, 0.25) is 0 Å². The van der Waals surface area contributed by atoms with Gasteiger partial charge in [-0.05, 0) is 35.9 Å². The van der Waals surface area contributed by atoms with E-state index in [2.05, 4.69) is 5.32 Å². The topological polar surface area (TPSA) is 69.6 Å². The minimum Gasteiger partial charge on any atom is -0.372 e. The van der Waals surface area contributed by atoms with Gasteiger partial charge in [-0.15, -0.1) is 0 Å². The lowest BCUT2D eigenvalue weighted by molar-refractivity contribution is -0.149. The number of hydrogen-bond acceptors (Lipinski definition) is 3. The van der Waals surface area contributed by atoms with Crippen molar-refractivity contribution >= 4 is 17.5 Å². The van der Waals surface area contributed by atoms with E-state index in [1.807, 2.05) is 0 Å². The van der Waals surface area contributed by atoms with Crippen molar-refractivity contribution in [3.8, 4) is 0 Å². The van der Waals surface area contributed by atoms with Crippen molar-refractivity contribution in [2.24, 2.45) is 0 Å². The number of carbonyl (C=O) groups is 2. The SMILES string of the molecule is O=C(NCc1cc(F)cc(C(F)(F)F)c1)[C@@]1(O)CCN(c2ccccc2)C1=O. The summed E-state index contributed by atoms with van der Waals surface area (Å²) in [4.78, 5) is 26.1. The number of nitrogens with one attached hydrogen (secondary N) is 1. The van der Waals surface area contributed by atoms with Crippen LogP contribution in [0.15, 0.2) is 48.5 Å². The van der Waals surface area contributed by atoms with Crippen LogP contribution in [0.5, 0.6) is 0 Å². The molecule has 0 saturated carbocycles. The molecule has 0 aliphatic carbocycles. The van der Waals surface area contributed by atoms with Crippen molar-refractivity contribution in [2.45, 2.75) is 24.7 Å². The number of carbonyl (C=O) groups excluding carboxylic acids is 2. The van der Waals surface area contributed by atoms with Crippen LogP contribution in [-0.4, -0.2) is 29.1 Å². The van der Waals surface area contributed by atoms with E-state index in [-0.39, 0.29) is 18.5 Å². The summed E-state index contributed by atoms with van der Waals surface area (Å²) in [6.07, 6.45) is -4.92. The molecule has 2 amide bonds. The van der Waals surface area contributed by atoms with E-state index < -0.39 is 41.5 Å². The minimum absolute atomic E-state index is 0.102. The first-order valence-electron chi connectivity index (χ1n) is 8.35. The van der Waals surface area contributed by atoms with Gasteiger partial charge in [0.2, 0.25) is 5.60 Å². The Balaban J connectivity index is 1.72. The summed E-state index contributed by atoms with van der Waals surface area (Å²) < 4.78 is 51.7. The molecule has 0 radical (unpaired) electrons. The third-order valence-corrected chi connectivity index (χ3v) is 4.48. The van der Waals surface area contributed by atoms with Crippen LogP contribution in [0, 0.1) is 5.82 Å². The summed E-state index contributed by atoms with van der Waals surface area (Å²) in [5.41, 5.74) is -3.16. The number of alkyl halides is 3. The number of anilines is 1. The second-order valence-corrected chi connectivity index (χ2v) is 6.43. The van der Waals surface area contributed by atoms with Gasteiger partial charge in [0.05, 0.1) is 5.56 Å². The fourth-order valence-electron chi connectivity index (χ4n) is 3.01. The number of benzene rings is 2. The number of nitrogens with zero attached hydrogens (tertiary/aromatic N) is 1. The molecule has 0 spiro atoms. The van der Waals surface area contributed by atoms with Crippen molar-refractivity contribution in [1.82, 2.24) is 5.32 Å². The summed E-state index contributed by atoms with van der Waals surface area (Å²) in [7, 11) is 0. The van der Waals surface area contributed by atoms with Crippen LogP contribution >= 0.6 is 0 Å². The van der Waals surface area contributed by atoms with E-state index in [1.165, 1.54) is 4.90 Å². The van der Waals surface area contributed by atoms with E-state index in [4.69, 9.17) is 0 Å². The molecule has 1 aliphatic heterocycles. The smallest absolute Gasteiger partial charge is 0.372 e. The average molecular weight is 396 g/mol. The van der Waals surface area contributed by atoms with E-state index in [0.717, 1.165) is 6.07 Å². The number of halogens is 4. The van der Waals surface area contributed by atoms with Crippen LogP contribution in [-0.2, 0) is 22.3 Å². The minimum atomic E-state index is -4.74. The molecule has 1 aliphatic rings. The second-order valence-electron chi connectivity index (χ2n) is 6.43. The van der Waals surface area contributed by atoms with Gasteiger partial charge in [-0.3, -0.25) is 9.59 Å². The predicted octanol–water partition coefficient (Wildman–Crippen LogP) is 2.63. The Hall–Kier alpha value is -2.94. The molecule has 3 rings (SSSR count). The lowest BCUT2D eigenvalue weighted by Crippen LogP contribution is -2.52. The Labute approximate surface area is 157 Å². The van der Waals surface area contributed by atoms with Gasteiger partial charge in [-0.2, -0.15) is 13.2 Å². The summed E-state index contributed by atoms with van der Waals surface area (Å²) in [5.74, 6) is -2.98. The quantitative estimate of drug-likeness (QED) is 0.617. The Kier molecular flexibility index (Phi) is 5.12. The predicted molar refractivity (Wildman–Crippen MR) is 91.6 cm³/mol. The largest absolute Gasteiger partial charge is 0.416 e. The van der Waals surface area contributed by atoms with E-state index in [9.17, 15) is 32.3 Å². The van der Waals surface area contributed by atoms with Crippen LogP contribution in [0.4, 0.5) is 23.2 Å². The molecule has 1 fully saturated rings. The maximum Gasteiger partial charge on any atom is 0.416 e. The molecule has 0 unspecified atom stereocenters. The average Bonchev–Trinajstić information content (AvgIpc) is 2.95. The van der Waals surface area contributed by atoms with Crippen molar-refractivity contribution in [3.63, 3.8) is 0 Å². The number of amides is 2. The molecule has 148 valence electrons. The molecule has 0 aromatic heterocycles. The first-order chi connectivity index (χ1) is 13.1. The maximum absolute atomic E-state index is 13.4. The maximum atomic E-state index is 13.4. The first-order valence-corrected chi connectivity index (χ1v) is 8.35. The third kappa shape index (κ3) is 3.84. The molecule has 1 saturated heterocycles. The monoisotopic (exact) mass is 396 g/mol. The van der Waals surface area contributed by atoms with Gasteiger partial charge in [-0.1, -0.05) is 18.2 Å². The normalized spacial score (nSPS) is 19.8. The zero-order valence-electron chi connectivity index (χ0n) is 14.5. The van der Waals surface area contributed by atoms with Crippen molar-refractivity contribution in [3.05, 3.63) is 65.5 Å². The second kappa shape index (κ2) is 7.23. The highest BCUT2D eigenvalue weighted by molar-refractivity contribution is 6.16. The highest BCUT2D eigenvalue weighted by Gasteiger charge is 2.51. The Morgan fingerprint density at radius 1 is 1.18 bits per heavy atom. The van der Waals surface area contributed by atoms with Gasteiger partial charge < -0.3 is 15.3 Å². The van der Waals surface area contributed by atoms with E-state index >= 15 is 0 Å². The Bertz CT molecular complexity index is 902. The van der Waals surface area contributed by atoms with Gasteiger partial charge in [0.1, 0.15) is 5.82 Å². The van der Waals surface area contributed by atoms with Gasteiger partial charge in [-0.25, -0.2) is 4.39 Å². The summed E-state index contributed by atoms with van der Waals surface area (Å²) in [6.45, 7) is -0.369. The van der Waals surface area contributed by atoms with Gasteiger partial charge in [0.15, 0.2) is 0 Å². The fourth-order valence-corrected chi connectivity index (χ4v) is 3.01. The zero-order valence-corrected chi connectivity index (χ0v) is 14.5. The van der Waals surface area contributed by atoms with Crippen molar-refractivity contribution < 1.29 is 32.3 Å². The van der Waals surface area contributed by atoms with Crippen LogP contribution < -0.4 is 10.2 Å². The standard InChI is InChI=1S/C19H16F4N2O3/c20-14-9-12(8-13(10-14)19(21,22)23)11-24-16(26)18(28)6-7-25(17(18)27)15-4-2-1-3-5-15/h1-5,8-10,28H,6-7,11H2,(H,24,26)/t18-/m0/s1. The fraction of sp³-hybridized carbons (Fsp3) is 0.263. The molecule has 0 bridgehead atoms. The molecule has 1 atom stereocenters. The molecular formula is C19H16F4N2O3. The third-order valence-electron chi connectivity index (χ3n) is 4.48. The summed E-state index contributed by atoms with van der Waals surface area (Å²) in [6, 6.07) is 10.3. The van der Waals surface area contributed by atoms with E-state index in [1.54, 1.807) is 30.3 Å². The van der Waals surface area contributed by atoms with Crippen LogP contribution in [0.1, 0.15) is 17.5 Å². The molecule has 2 aromatic rings. The molecule has 28 heavy (non-hydrogen) atoms. The summed E-state index contributed by atoms with van der Waals surface area (Å²) >= 11 is 0. The number of rotatable bonds is 4. The van der Waals surface area contributed by atoms with Crippen LogP contribution in [0.25, 0.3) is 0 Å². The van der Waals surface area contributed by atoms with Gasteiger partial charge >= 0.3 is 6.18 Å². The van der Waals surface area contributed by atoms with Crippen molar-refractivity contribution in [1.29, 1.82) is 0 Å². The molecule has 1 heterocycles. The van der Waals surface area contributed by atoms with Gasteiger partial charge in [0.25, 0.3) is 11.8 Å². The van der Waals surface area contributed by atoms with E-state index in [0.29, 0.717) is 17.8 Å². The molecule has 9 heteroatoms. The van der Waals surface area contributed by atoms with Gasteiger partial charge in [0, 0.05) is 25.2 Å². The van der Waals surface area contributed by atoms with Crippen LogP contribution in [0.3, 0.4) is 0 Å². The summed E-state index contributed by atoms with van der Waals surface area (Å²) in [5, 5.41) is 12.7. The molecule has 5 nitrogen and oxygen atoms in total. The molecule has 2 aromatic carbocycles. The highest BCUT2D eigenvalue weighted by Crippen LogP contribution is 2.31. The first kappa shape index (κ1) is 19.8. The lowest BCUT2D eigenvalue weighted by atomic mass is 10.0. The molecular weight excluding hydrogens is 380 g/mol. The number of hydrogen-bond donors (Lipinski definition) is 2. The Morgan fingerprint density at radius 2 is 1.86 bits per heavy atom. The highest BCUT2D eigenvalue weighted by atomic mass is 19.4. The number of aliphatic hydroxyl groups is 1. The Morgan fingerprint density at radius 3 is 2.50 bits per heavy atom. The molecule has 2 N–H and O–H groups in total. The zero-order chi connectivity index (χ0) is 20.5.